The quantitative estimate of drug-likeness (QED) is 0.269. The van der Waals surface area contributed by atoms with Crippen molar-refractivity contribution in [3.63, 3.8) is 0 Å². The lowest BCUT2D eigenvalue weighted by Crippen LogP contribution is -2.37. The van der Waals surface area contributed by atoms with Gasteiger partial charge in [-0.25, -0.2) is 13.8 Å². The number of alkyl halides is 3. The Kier molecular flexibility index (Phi) is 9.66. The van der Waals surface area contributed by atoms with Crippen molar-refractivity contribution < 1.29 is 22.5 Å². The van der Waals surface area contributed by atoms with E-state index in [9.17, 15) is 18.0 Å². The molecule has 0 bridgehead atoms. The Morgan fingerprint density at radius 2 is 1.94 bits per heavy atom. The van der Waals surface area contributed by atoms with Crippen LogP contribution in [-0.2, 0) is 24.4 Å². The number of nitrogens with two attached hydrogens (primary N) is 1. The van der Waals surface area contributed by atoms with Crippen LogP contribution in [0.2, 0.25) is 0 Å². The maximum absolute atomic E-state index is 12.3. The van der Waals surface area contributed by atoms with E-state index in [1.807, 2.05) is 23.0 Å². The standard InChI is InChI=1S/C20H31F3N8O/c1-3-5-6-7-12-31-17(24)16(15-26-31)27-28-19-29(10-4-2)13-14-30(19)11-8-9-25-18(32)20(21,22)23/h13-15,24H,3-12H2,1-2H3,(H,25,32)/p+1. The third-order valence-electron chi connectivity index (χ3n) is 4.85. The van der Waals surface area contributed by atoms with Crippen LogP contribution >= 0.6 is 0 Å². The molecule has 2 heterocycles. The van der Waals surface area contributed by atoms with E-state index in [1.54, 1.807) is 21.6 Å². The molecule has 2 aromatic rings. The lowest BCUT2D eigenvalue weighted by atomic mass is 10.2. The van der Waals surface area contributed by atoms with Crippen molar-refractivity contribution >= 4 is 23.4 Å². The van der Waals surface area contributed by atoms with Crippen molar-refractivity contribution in [2.75, 3.05) is 12.3 Å². The molecular formula is C20H32F3N8O+. The van der Waals surface area contributed by atoms with Gasteiger partial charge >= 0.3 is 18.0 Å². The van der Waals surface area contributed by atoms with Crippen LogP contribution in [0.25, 0.3) is 0 Å². The molecule has 0 saturated heterocycles. The van der Waals surface area contributed by atoms with Crippen LogP contribution in [-0.4, -0.2) is 33.0 Å². The van der Waals surface area contributed by atoms with Gasteiger partial charge < -0.3 is 11.1 Å². The van der Waals surface area contributed by atoms with Crippen molar-refractivity contribution in [2.24, 2.45) is 10.2 Å². The topological polar surface area (TPSA) is 106 Å². The summed E-state index contributed by atoms with van der Waals surface area (Å²) in [6.45, 7) is 5.88. The van der Waals surface area contributed by atoms with Gasteiger partial charge in [-0.15, -0.1) is 0 Å². The smallest absolute Gasteiger partial charge is 0.382 e. The molecule has 2 aromatic heterocycles. The highest BCUT2D eigenvalue weighted by Gasteiger charge is 2.38. The van der Waals surface area contributed by atoms with Gasteiger partial charge in [0, 0.05) is 18.2 Å². The number of unbranched alkanes of at least 4 members (excludes halogenated alkanes) is 3. The largest absolute Gasteiger partial charge is 0.471 e. The Morgan fingerprint density at radius 3 is 2.62 bits per heavy atom. The molecule has 0 aliphatic carbocycles. The number of carbonyl (C=O) groups excluding carboxylic acids is 1. The fourth-order valence-electron chi connectivity index (χ4n) is 3.14. The van der Waals surface area contributed by atoms with Crippen LogP contribution in [0.3, 0.4) is 0 Å². The number of nitrogen functional groups attached to an aromatic ring is 1. The molecule has 0 radical (unpaired) electrons. The number of nitrogens with zero attached hydrogens (tertiary/aromatic N) is 6. The number of hydrogen-bond donors (Lipinski definition) is 2. The minimum Gasteiger partial charge on any atom is -0.382 e. The van der Waals surface area contributed by atoms with E-state index in [0.29, 0.717) is 37.0 Å². The second-order valence-electron chi connectivity index (χ2n) is 7.49. The van der Waals surface area contributed by atoms with Crippen molar-refractivity contribution in [3.05, 3.63) is 18.6 Å². The number of aryl methyl sites for hydroxylation is 3. The first-order valence-corrected chi connectivity index (χ1v) is 10.9. The van der Waals surface area contributed by atoms with Crippen molar-refractivity contribution in [2.45, 2.75) is 78.2 Å². The molecule has 0 aromatic carbocycles. The number of carbonyl (C=O) groups is 1. The lowest BCUT2D eigenvalue weighted by molar-refractivity contribution is -0.683. The van der Waals surface area contributed by atoms with Gasteiger partial charge in [0.2, 0.25) is 0 Å². The van der Waals surface area contributed by atoms with Crippen LogP contribution < -0.4 is 15.6 Å². The summed E-state index contributed by atoms with van der Waals surface area (Å²) in [4.78, 5) is 10.9. The maximum Gasteiger partial charge on any atom is 0.471 e. The number of halogens is 3. The summed E-state index contributed by atoms with van der Waals surface area (Å²) in [5, 5.41) is 14.8. The van der Waals surface area contributed by atoms with E-state index in [2.05, 4.69) is 22.3 Å². The van der Waals surface area contributed by atoms with Crippen LogP contribution in [0.4, 0.5) is 30.6 Å². The molecule has 2 rings (SSSR count). The zero-order chi connectivity index (χ0) is 23.6. The first kappa shape index (κ1) is 25.3. The summed E-state index contributed by atoms with van der Waals surface area (Å²) in [7, 11) is 0. The summed E-state index contributed by atoms with van der Waals surface area (Å²) >= 11 is 0. The highest BCUT2D eigenvalue weighted by atomic mass is 19.4. The van der Waals surface area contributed by atoms with E-state index in [4.69, 9.17) is 5.73 Å². The summed E-state index contributed by atoms with van der Waals surface area (Å²) in [6.07, 6.45) is 5.92. The number of imidazole rings is 1. The number of amides is 1. The monoisotopic (exact) mass is 457 g/mol. The third kappa shape index (κ3) is 7.34. The average molecular weight is 458 g/mol. The highest BCUT2D eigenvalue weighted by Crippen LogP contribution is 2.24. The molecule has 12 heteroatoms. The number of azo groups is 1. The Bertz CT molecular complexity index is 888. The molecule has 9 nitrogen and oxygen atoms in total. The van der Waals surface area contributed by atoms with E-state index >= 15 is 0 Å². The van der Waals surface area contributed by atoms with Gasteiger partial charge in [0.05, 0.1) is 31.7 Å². The number of aromatic nitrogens is 4. The summed E-state index contributed by atoms with van der Waals surface area (Å²) < 4.78 is 42.3. The molecule has 0 atom stereocenters. The molecule has 1 amide bonds. The molecule has 0 aliphatic rings. The number of nitrogens with one attached hydrogen (secondary N) is 1. The first-order valence-electron chi connectivity index (χ1n) is 10.9. The number of hydrogen-bond acceptors (Lipinski definition) is 5. The zero-order valence-electron chi connectivity index (χ0n) is 18.6. The molecule has 3 N–H and O–H groups in total. The average Bonchev–Trinajstić information content (AvgIpc) is 3.29. The molecule has 0 spiro atoms. The molecule has 0 fully saturated rings. The van der Waals surface area contributed by atoms with Crippen LogP contribution in [0, 0.1) is 0 Å². The van der Waals surface area contributed by atoms with Gasteiger partial charge in [0.25, 0.3) is 0 Å². The van der Waals surface area contributed by atoms with E-state index in [0.717, 1.165) is 32.2 Å². The van der Waals surface area contributed by atoms with E-state index < -0.39 is 12.1 Å². The minimum atomic E-state index is -4.88. The predicted molar refractivity (Wildman–Crippen MR) is 114 cm³/mol. The zero-order valence-corrected chi connectivity index (χ0v) is 18.6. The Morgan fingerprint density at radius 1 is 1.16 bits per heavy atom. The van der Waals surface area contributed by atoms with Crippen molar-refractivity contribution in [3.8, 4) is 0 Å². The molecular weight excluding hydrogens is 425 g/mol. The Labute approximate surface area is 185 Å². The lowest BCUT2D eigenvalue weighted by Gasteiger charge is -2.07. The van der Waals surface area contributed by atoms with Gasteiger partial charge in [0.15, 0.2) is 11.5 Å². The minimum absolute atomic E-state index is 0.0986. The molecule has 0 aliphatic heterocycles. The van der Waals surface area contributed by atoms with Gasteiger partial charge in [0.1, 0.15) is 0 Å². The molecule has 178 valence electrons. The fourth-order valence-corrected chi connectivity index (χ4v) is 3.14. The second-order valence-corrected chi connectivity index (χ2v) is 7.49. The number of rotatable bonds is 13. The van der Waals surface area contributed by atoms with Crippen LogP contribution in [0.15, 0.2) is 28.8 Å². The Balaban J connectivity index is 2.04. The highest BCUT2D eigenvalue weighted by molar-refractivity contribution is 5.81. The normalized spacial score (nSPS) is 12.0. The summed E-state index contributed by atoms with van der Waals surface area (Å²) in [5.74, 6) is -0.947. The summed E-state index contributed by atoms with van der Waals surface area (Å²) in [5.41, 5.74) is 6.62. The fraction of sp³-hybridized carbons (Fsp3) is 0.650. The maximum atomic E-state index is 12.3. The van der Waals surface area contributed by atoms with Crippen molar-refractivity contribution in [1.82, 2.24) is 19.7 Å². The van der Waals surface area contributed by atoms with Gasteiger partial charge in [-0.05, 0) is 19.3 Å². The predicted octanol–water partition coefficient (Wildman–Crippen LogP) is 4.03. The molecule has 32 heavy (non-hydrogen) atoms. The third-order valence-corrected chi connectivity index (χ3v) is 4.85. The van der Waals surface area contributed by atoms with Gasteiger partial charge in [-0.1, -0.05) is 38.2 Å². The van der Waals surface area contributed by atoms with Gasteiger partial charge in [-0.3, -0.25) is 4.79 Å². The molecule has 0 unspecified atom stereocenters. The SMILES string of the molecule is CCCCCCn1ncc(N=Nc2n(CCCNC(=O)C(F)(F)F)cc[n+]2CCC)c1N. The number of anilines is 1. The summed E-state index contributed by atoms with van der Waals surface area (Å²) in [6, 6.07) is 0. The van der Waals surface area contributed by atoms with E-state index in [-0.39, 0.29) is 6.54 Å². The van der Waals surface area contributed by atoms with Gasteiger partial charge in [-0.2, -0.15) is 18.3 Å². The first-order chi connectivity index (χ1) is 15.3. The van der Waals surface area contributed by atoms with Crippen LogP contribution in [0.5, 0.6) is 0 Å². The van der Waals surface area contributed by atoms with E-state index in [1.165, 1.54) is 6.42 Å². The molecule has 0 saturated carbocycles. The second kappa shape index (κ2) is 12.2. The Hall–Kier alpha value is -2.92. The van der Waals surface area contributed by atoms with Crippen molar-refractivity contribution in [1.29, 1.82) is 0 Å². The van der Waals surface area contributed by atoms with Crippen LogP contribution in [0.1, 0.15) is 52.4 Å².